The third-order valence-electron chi connectivity index (χ3n) is 4.13. The van der Waals surface area contributed by atoms with Crippen LogP contribution in [0.2, 0.25) is 0 Å². The second-order valence-electron chi connectivity index (χ2n) is 5.68. The average molecular weight is 335 g/mol. The number of nitrogens with two attached hydrogens (primary N) is 2. The first-order chi connectivity index (χ1) is 11.0. The SMILES string of the molecule is CCOc1cc(N2CCC(O)CC2)cc2sc(C(N)=O)c(N)c12. The van der Waals surface area contributed by atoms with Gasteiger partial charge in [0.2, 0.25) is 0 Å². The Bertz CT molecular complexity index is 736. The van der Waals surface area contributed by atoms with E-state index in [-0.39, 0.29) is 6.10 Å². The summed E-state index contributed by atoms with van der Waals surface area (Å²) in [7, 11) is 0. The molecule has 1 aromatic heterocycles. The Labute approximate surface area is 138 Å². The number of carbonyl (C=O) groups is 1. The number of benzene rings is 1. The van der Waals surface area contributed by atoms with Crippen molar-refractivity contribution >= 4 is 38.7 Å². The lowest BCUT2D eigenvalue weighted by molar-refractivity contribution is 0.100. The summed E-state index contributed by atoms with van der Waals surface area (Å²) in [6.07, 6.45) is 1.28. The molecule has 6 nitrogen and oxygen atoms in total. The summed E-state index contributed by atoms with van der Waals surface area (Å²) in [6.45, 7) is 4.01. The zero-order chi connectivity index (χ0) is 16.6. The number of aliphatic hydroxyl groups excluding tert-OH is 1. The van der Waals surface area contributed by atoms with Crippen molar-refractivity contribution in [1.29, 1.82) is 0 Å². The lowest BCUT2D eigenvalue weighted by Crippen LogP contribution is -2.35. The van der Waals surface area contributed by atoms with E-state index in [2.05, 4.69) is 4.90 Å². The number of anilines is 2. The number of thiophene rings is 1. The van der Waals surface area contributed by atoms with Crippen LogP contribution in [0.5, 0.6) is 5.75 Å². The van der Waals surface area contributed by atoms with Gasteiger partial charge in [0.15, 0.2) is 0 Å². The molecule has 0 spiro atoms. The molecular weight excluding hydrogens is 314 g/mol. The Kier molecular flexibility index (Phi) is 4.32. The van der Waals surface area contributed by atoms with E-state index in [0.29, 0.717) is 22.9 Å². The standard InChI is InChI=1S/C16H21N3O3S/c1-2-22-11-7-9(19-5-3-10(20)4-6-19)8-12-13(11)14(17)15(23-12)16(18)21/h7-8,10,20H,2-6,17H2,1H3,(H2,18,21). The van der Waals surface area contributed by atoms with Crippen LogP contribution in [0.15, 0.2) is 12.1 Å². The molecule has 0 atom stereocenters. The average Bonchev–Trinajstić information content (AvgIpc) is 2.86. The topological polar surface area (TPSA) is 102 Å². The Hall–Kier alpha value is -1.99. The summed E-state index contributed by atoms with van der Waals surface area (Å²) in [5.74, 6) is 0.154. The number of carbonyl (C=O) groups excluding carboxylic acids is 1. The number of hydrogen-bond donors (Lipinski definition) is 3. The first-order valence-electron chi connectivity index (χ1n) is 7.73. The van der Waals surface area contributed by atoms with Gasteiger partial charge in [-0.25, -0.2) is 0 Å². The molecule has 0 bridgehead atoms. The Balaban J connectivity index is 2.08. The van der Waals surface area contributed by atoms with Gasteiger partial charge >= 0.3 is 0 Å². The minimum absolute atomic E-state index is 0.222. The van der Waals surface area contributed by atoms with Gasteiger partial charge in [0, 0.05) is 29.5 Å². The molecule has 7 heteroatoms. The van der Waals surface area contributed by atoms with Crippen LogP contribution in [0, 0.1) is 0 Å². The fourth-order valence-electron chi connectivity index (χ4n) is 2.96. The smallest absolute Gasteiger partial charge is 0.260 e. The van der Waals surface area contributed by atoms with Crippen molar-refractivity contribution in [2.24, 2.45) is 5.73 Å². The molecular formula is C16H21N3O3S. The van der Waals surface area contributed by atoms with E-state index in [1.807, 2.05) is 19.1 Å². The third kappa shape index (κ3) is 2.94. The highest BCUT2D eigenvalue weighted by Crippen LogP contribution is 2.42. The molecule has 0 saturated carbocycles. The fourth-order valence-corrected chi connectivity index (χ4v) is 3.98. The van der Waals surface area contributed by atoms with Crippen LogP contribution in [-0.4, -0.2) is 36.8 Å². The highest BCUT2D eigenvalue weighted by molar-refractivity contribution is 7.21. The van der Waals surface area contributed by atoms with Crippen LogP contribution in [0.4, 0.5) is 11.4 Å². The number of rotatable bonds is 4. The van der Waals surface area contributed by atoms with Gasteiger partial charge in [-0.15, -0.1) is 11.3 Å². The van der Waals surface area contributed by atoms with Gasteiger partial charge in [0.05, 0.1) is 23.8 Å². The van der Waals surface area contributed by atoms with Gasteiger partial charge < -0.3 is 26.2 Å². The zero-order valence-electron chi connectivity index (χ0n) is 13.0. The van der Waals surface area contributed by atoms with Crippen molar-refractivity contribution in [3.8, 4) is 5.75 Å². The van der Waals surface area contributed by atoms with Crippen molar-refractivity contribution in [2.45, 2.75) is 25.9 Å². The number of nitrogens with zero attached hydrogens (tertiary/aromatic N) is 1. The summed E-state index contributed by atoms with van der Waals surface area (Å²) in [6, 6.07) is 3.97. The molecule has 0 radical (unpaired) electrons. The minimum atomic E-state index is -0.520. The quantitative estimate of drug-likeness (QED) is 0.792. The van der Waals surface area contributed by atoms with E-state index in [9.17, 15) is 9.90 Å². The van der Waals surface area contributed by atoms with Crippen molar-refractivity contribution in [3.05, 3.63) is 17.0 Å². The molecule has 3 rings (SSSR count). The number of fused-ring (bicyclic) bond motifs is 1. The van der Waals surface area contributed by atoms with E-state index >= 15 is 0 Å². The van der Waals surface area contributed by atoms with Gasteiger partial charge in [-0.05, 0) is 25.8 Å². The van der Waals surface area contributed by atoms with Crippen LogP contribution in [0.1, 0.15) is 29.4 Å². The predicted molar refractivity (Wildman–Crippen MR) is 93.4 cm³/mol. The minimum Gasteiger partial charge on any atom is -0.493 e. The Morgan fingerprint density at radius 1 is 1.43 bits per heavy atom. The summed E-state index contributed by atoms with van der Waals surface area (Å²) < 4.78 is 6.64. The number of primary amides is 1. The number of ether oxygens (including phenoxy) is 1. The van der Waals surface area contributed by atoms with Gasteiger partial charge in [-0.3, -0.25) is 4.79 Å². The second kappa shape index (κ2) is 6.25. The summed E-state index contributed by atoms with van der Waals surface area (Å²) in [5.41, 5.74) is 12.9. The normalized spacial score (nSPS) is 16.0. The molecule has 1 aliphatic heterocycles. The van der Waals surface area contributed by atoms with E-state index < -0.39 is 5.91 Å². The molecule has 1 aromatic carbocycles. The van der Waals surface area contributed by atoms with Crippen LogP contribution < -0.4 is 21.1 Å². The molecule has 1 amide bonds. The van der Waals surface area contributed by atoms with E-state index in [1.165, 1.54) is 11.3 Å². The molecule has 124 valence electrons. The number of piperidine rings is 1. The number of nitrogen functional groups attached to an aromatic ring is 1. The molecule has 23 heavy (non-hydrogen) atoms. The molecule has 2 aromatic rings. The summed E-state index contributed by atoms with van der Waals surface area (Å²) >= 11 is 1.30. The summed E-state index contributed by atoms with van der Waals surface area (Å²) in [5, 5.41) is 10.4. The fraction of sp³-hybridized carbons (Fsp3) is 0.438. The van der Waals surface area contributed by atoms with Crippen molar-refractivity contribution in [1.82, 2.24) is 0 Å². The number of hydrogen-bond acceptors (Lipinski definition) is 6. The van der Waals surface area contributed by atoms with Crippen LogP contribution in [0.3, 0.4) is 0 Å². The number of aliphatic hydroxyl groups is 1. The maximum atomic E-state index is 11.6. The number of amides is 1. The van der Waals surface area contributed by atoms with Crippen LogP contribution in [-0.2, 0) is 0 Å². The first kappa shape index (κ1) is 15.9. The van der Waals surface area contributed by atoms with E-state index in [1.54, 1.807) is 0 Å². The van der Waals surface area contributed by atoms with Gasteiger partial charge in [-0.1, -0.05) is 0 Å². The highest BCUT2D eigenvalue weighted by Gasteiger charge is 2.22. The van der Waals surface area contributed by atoms with E-state index in [4.69, 9.17) is 16.2 Å². The van der Waals surface area contributed by atoms with Crippen LogP contribution >= 0.6 is 11.3 Å². The highest BCUT2D eigenvalue weighted by atomic mass is 32.1. The second-order valence-corrected chi connectivity index (χ2v) is 6.73. The molecule has 0 unspecified atom stereocenters. The molecule has 1 saturated heterocycles. The van der Waals surface area contributed by atoms with Gasteiger partial charge in [0.25, 0.3) is 5.91 Å². The largest absolute Gasteiger partial charge is 0.493 e. The lowest BCUT2D eigenvalue weighted by Gasteiger charge is -2.31. The molecule has 2 heterocycles. The maximum absolute atomic E-state index is 11.6. The van der Waals surface area contributed by atoms with Crippen molar-refractivity contribution < 1.29 is 14.6 Å². The lowest BCUT2D eigenvalue weighted by atomic mass is 10.1. The molecule has 5 N–H and O–H groups in total. The van der Waals surface area contributed by atoms with Crippen molar-refractivity contribution in [3.63, 3.8) is 0 Å². The van der Waals surface area contributed by atoms with Gasteiger partial charge in [0.1, 0.15) is 10.6 Å². The van der Waals surface area contributed by atoms with E-state index in [0.717, 1.165) is 41.7 Å². The molecule has 0 aliphatic carbocycles. The Morgan fingerprint density at radius 2 is 2.13 bits per heavy atom. The van der Waals surface area contributed by atoms with Crippen molar-refractivity contribution in [2.75, 3.05) is 30.3 Å². The van der Waals surface area contributed by atoms with Crippen LogP contribution in [0.25, 0.3) is 10.1 Å². The maximum Gasteiger partial charge on any atom is 0.260 e. The molecule has 1 fully saturated rings. The monoisotopic (exact) mass is 335 g/mol. The summed E-state index contributed by atoms with van der Waals surface area (Å²) in [4.78, 5) is 14.1. The van der Waals surface area contributed by atoms with Gasteiger partial charge in [-0.2, -0.15) is 0 Å². The first-order valence-corrected chi connectivity index (χ1v) is 8.54. The zero-order valence-corrected chi connectivity index (χ0v) is 13.9. The third-order valence-corrected chi connectivity index (χ3v) is 5.30. The molecule has 1 aliphatic rings. The predicted octanol–water partition coefficient (Wildman–Crippen LogP) is 1.94. The Morgan fingerprint density at radius 3 is 2.74 bits per heavy atom.